The van der Waals surface area contributed by atoms with Crippen molar-refractivity contribution < 1.29 is 18.3 Å². The van der Waals surface area contributed by atoms with Gasteiger partial charge in [-0.05, 0) is 66.5 Å². The normalized spacial score (nSPS) is 18.1. The van der Waals surface area contributed by atoms with Gasteiger partial charge in [-0.2, -0.15) is 8.78 Å². The summed E-state index contributed by atoms with van der Waals surface area (Å²) in [5.74, 6) is -2.80. The number of nitrogens with one attached hydrogen (secondary N) is 1. The van der Waals surface area contributed by atoms with Gasteiger partial charge >= 0.3 is 6.09 Å². The number of ether oxygens (including phenoxy) is 1. The molecule has 1 saturated heterocycles. The zero-order chi connectivity index (χ0) is 20.9. The lowest BCUT2D eigenvalue weighted by atomic mass is 9.84. The molecule has 154 valence electrons. The van der Waals surface area contributed by atoms with Crippen molar-refractivity contribution in [3.8, 4) is 0 Å². The van der Waals surface area contributed by atoms with E-state index >= 15 is 8.78 Å². The molecule has 1 N–H and O–H groups in total. The van der Waals surface area contributed by atoms with Gasteiger partial charge in [0.25, 0.3) is 5.92 Å². The zero-order valence-corrected chi connectivity index (χ0v) is 17.3. The number of likely N-dealkylation sites (tertiary alicyclic amines) is 1. The van der Waals surface area contributed by atoms with Crippen molar-refractivity contribution in [3.05, 3.63) is 37.0 Å². The van der Waals surface area contributed by atoms with Crippen LogP contribution in [0.1, 0.15) is 47.5 Å². The maximum atomic E-state index is 15.0. The molecule has 1 fully saturated rings. The van der Waals surface area contributed by atoms with E-state index < -0.39 is 23.2 Å². The highest BCUT2D eigenvalue weighted by molar-refractivity contribution is 5.67. The Balaban J connectivity index is 2.65. The minimum atomic E-state index is -3.05. The summed E-state index contributed by atoms with van der Waals surface area (Å²) in [4.78, 5) is 13.6. The summed E-state index contributed by atoms with van der Waals surface area (Å²) >= 11 is 0. The molecule has 0 spiro atoms. The van der Waals surface area contributed by atoms with Gasteiger partial charge in [0, 0.05) is 12.1 Å². The Labute approximate surface area is 162 Å². The molecule has 0 saturated carbocycles. The molecule has 6 heteroatoms. The molecule has 0 aromatic carbocycles. The highest BCUT2D eigenvalue weighted by atomic mass is 19.3. The molecular formula is C21H34F2N2O2. The molecule has 0 aromatic rings. The average Bonchev–Trinajstić information content (AvgIpc) is 2.56. The Morgan fingerprint density at radius 2 is 1.74 bits per heavy atom. The first-order chi connectivity index (χ1) is 12.3. The van der Waals surface area contributed by atoms with Gasteiger partial charge in [-0.25, -0.2) is 4.79 Å². The molecule has 0 radical (unpaired) electrons. The second kappa shape index (κ2) is 9.00. The van der Waals surface area contributed by atoms with Crippen LogP contribution in [0.2, 0.25) is 0 Å². The Kier molecular flexibility index (Phi) is 7.78. The van der Waals surface area contributed by atoms with Crippen LogP contribution in [0, 0.1) is 5.92 Å². The van der Waals surface area contributed by atoms with E-state index in [4.69, 9.17) is 4.74 Å². The first kappa shape index (κ1) is 23.3. The number of nitrogens with zero attached hydrogens (tertiary/aromatic N) is 1. The number of amides is 1. The maximum Gasteiger partial charge on any atom is 0.407 e. The van der Waals surface area contributed by atoms with Crippen LogP contribution in [-0.2, 0) is 4.74 Å². The molecule has 0 atom stereocenters. The van der Waals surface area contributed by atoms with Crippen molar-refractivity contribution in [1.29, 1.82) is 0 Å². The topological polar surface area (TPSA) is 41.6 Å². The van der Waals surface area contributed by atoms with Crippen LogP contribution in [-0.4, -0.2) is 47.7 Å². The molecule has 0 bridgehead atoms. The molecule has 1 heterocycles. The van der Waals surface area contributed by atoms with Gasteiger partial charge in [0.05, 0.1) is 5.54 Å². The molecule has 1 amide bonds. The van der Waals surface area contributed by atoms with Gasteiger partial charge in [-0.1, -0.05) is 31.4 Å². The summed E-state index contributed by atoms with van der Waals surface area (Å²) in [7, 11) is 0. The fraction of sp³-hybridized carbons (Fsp3) is 0.667. The summed E-state index contributed by atoms with van der Waals surface area (Å²) in [6, 6.07) is 0. The lowest BCUT2D eigenvalue weighted by molar-refractivity contribution is -0.107. The predicted molar refractivity (Wildman–Crippen MR) is 106 cm³/mol. The average molecular weight is 385 g/mol. The Hall–Kier alpha value is -1.69. The summed E-state index contributed by atoms with van der Waals surface area (Å²) in [5.41, 5.74) is -2.01. The monoisotopic (exact) mass is 384 g/mol. The second-order valence-corrected chi connectivity index (χ2v) is 8.51. The Morgan fingerprint density at radius 1 is 1.19 bits per heavy atom. The highest BCUT2D eigenvalue weighted by Crippen LogP contribution is 2.41. The molecule has 1 aliphatic heterocycles. The van der Waals surface area contributed by atoms with Crippen LogP contribution in [0.15, 0.2) is 37.0 Å². The number of allylic oxidation sites excluding steroid dienone is 3. The van der Waals surface area contributed by atoms with Gasteiger partial charge in [-0.15, -0.1) is 0 Å². The van der Waals surface area contributed by atoms with E-state index in [0.717, 1.165) is 12.8 Å². The van der Waals surface area contributed by atoms with Crippen LogP contribution in [0.4, 0.5) is 13.6 Å². The van der Waals surface area contributed by atoms with Crippen molar-refractivity contribution in [2.24, 2.45) is 5.92 Å². The number of piperidine rings is 1. The van der Waals surface area contributed by atoms with E-state index in [0.29, 0.717) is 19.6 Å². The minimum absolute atomic E-state index is 0.129. The third kappa shape index (κ3) is 6.16. The lowest BCUT2D eigenvalue weighted by Crippen LogP contribution is -2.59. The standard InChI is InChI=1S/C21H34F2N2O2/c1-8-10-17(9-2)21(22,23)20(6,7)25-13-11-16(12-14-25)15-24-18(26)27-19(3,4)5/h8-10,16H,1-2,11-15H2,3-7H3,(H,24,26)/b17-10+. The highest BCUT2D eigenvalue weighted by Gasteiger charge is 2.52. The van der Waals surface area contributed by atoms with Crippen molar-refractivity contribution in [1.82, 2.24) is 10.2 Å². The smallest absolute Gasteiger partial charge is 0.407 e. The lowest BCUT2D eigenvalue weighted by Gasteiger charge is -2.47. The Bertz CT molecular complexity index is 569. The third-order valence-corrected chi connectivity index (χ3v) is 4.99. The summed E-state index contributed by atoms with van der Waals surface area (Å²) in [5, 5.41) is 2.78. The zero-order valence-electron chi connectivity index (χ0n) is 17.3. The molecule has 27 heavy (non-hydrogen) atoms. The minimum Gasteiger partial charge on any atom is -0.444 e. The number of carbonyl (C=O) groups is 1. The molecular weight excluding hydrogens is 350 g/mol. The fourth-order valence-electron chi connectivity index (χ4n) is 3.22. The van der Waals surface area contributed by atoms with Crippen molar-refractivity contribution in [2.75, 3.05) is 19.6 Å². The molecule has 1 aliphatic rings. The fourth-order valence-corrected chi connectivity index (χ4v) is 3.22. The number of alkyl halides is 2. The van der Waals surface area contributed by atoms with Gasteiger partial charge in [0.2, 0.25) is 0 Å². The third-order valence-electron chi connectivity index (χ3n) is 4.99. The first-order valence-corrected chi connectivity index (χ1v) is 9.40. The van der Waals surface area contributed by atoms with Crippen molar-refractivity contribution in [3.63, 3.8) is 0 Å². The van der Waals surface area contributed by atoms with Gasteiger partial charge in [0.15, 0.2) is 0 Å². The molecule has 0 aromatic heterocycles. The number of hydrogen-bond donors (Lipinski definition) is 1. The Morgan fingerprint density at radius 3 is 2.19 bits per heavy atom. The summed E-state index contributed by atoms with van der Waals surface area (Å²) in [6.45, 7) is 17.2. The van der Waals surface area contributed by atoms with Crippen LogP contribution >= 0.6 is 0 Å². The van der Waals surface area contributed by atoms with E-state index in [1.807, 2.05) is 25.7 Å². The van der Waals surface area contributed by atoms with Gasteiger partial charge in [0.1, 0.15) is 5.60 Å². The van der Waals surface area contributed by atoms with Crippen molar-refractivity contribution in [2.45, 2.75) is 64.5 Å². The number of carbonyl (C=O) groups excluding carboxylic acids is 1. The SMILES string of the molecule is C=C/C=C(\C=C)C(F)(F)C(C)(C)N1CCC(CNC(=O)OC(C)(C)C)CC1. The van der Waals surface area contributed by atoms with Gasteiger partial charge < -0.3 is 10.1 Å². The second-order valence-electron chi connectivity index (χ2n) is 8.51. The van der Waals surface area contributed by atoms with Crippen LogP contribution in [0.5, 0.6) is 0 Å². The molecule has 0 aliphatic carbocycles. The maximum absolute atomic E-state index is 15.0. The molecule has 1 rings (SSSR count). The van der Waals surface area contributed by atoms with Crippen LogP contribution in [0.25, 0.3) is 0 Å². The number of hydrogen-bond acceptors (Lipinski definition) is 3. The van der Waals surface area contributed by atoms with Crippen LogP contribution < -0.4 is 5.32 Å². The van der Waals surface area contributed by atoms with E-state index in [9.17, 15) is 4.79 Å². The van der Waals surface area contributed by atoms with Gasteiger partial charge in [-0.3, -0.25) is 4.90 Å². The van der Waals surface area contributed by atoms with Crippen molar-refractivity contribution >= 4 is 6.09 Å². The summed E-state index contributed by atoms with van der Waals surface area (Å²) < 4.78 is 35.3. The van der Waals surface area contributed by atoms with E-state index in [1.165, 1.54) is 18.2 Å². The molecule has 0 unspecified atom stereocenters. The predicted octanol–water partition coefficient (Wildman–Crippen LogP) is 4.94. The number of alkyl carbamates (subject to hydrolysis) is 1. The first-order valence-electron chi connectivity index (χ1n) is 9.40. The van der Waals surface area contributed by atoms with Crippen LogP contribution in [0.3, 0.4) is 0 Å². The van der Waals surface area contributed by atoms with E-state index in [2.05, 4.69) is 18.5 Å². The number of rotatable bonds is 7. The van der Waals surface area contributed by atoms with E-state index in [1.54, 1.807) is 13.8 Å². The quantitative estimate of drug-likeness (QED) is 0.633. The van der Waals surface area contributed by atoms with E-state index in [-0.39, 0.29) is 11.5 Å². The largest absolute Gasteiger partial charge is 0.444 e. The molecule has 4 nitrogen and oxygen atoms in total. The summed E-state index contributed by atoms with van der Waals surface area (Å²) in [6.07, 6.45) is 4.90. The number of halogens is 2.